The van der Waals surface area contributed by atoms with Crippen LogP contribution in [-0.2, 0) is 22.4 Å². The summed E-state index contributed by atoms with van der Waals surface area (Å²) in [5, 5.41) is 31.2. The number of fused-ring (bicyclic) bond motifs is 1. The number of aliphatic hydroxyl groups is 2. The maximum atomic E-state index is 14.3. The van der Waals surface area contributed by atoms with Gasteiger partial charge in [0, 0.05) is 23.6 Å². The summed E-state index contributed by atoms with van der Waals surface area (Å²) in [6.45, 7) is 2.51. The average molecular weight is 599 g/mol. The number of amidine groups is 1. The molecule has 0 saturated heterocycles. The third-order valence-corrected chi connectivity index (χ3v) is 9.07. The van der Waals surface area contributed by atoms with Gasteiger partial charge in [0.15, 0.2) is 5.84 Å². The number of rotatable bonds is 10. The Morgan fingerprint density at radius 1 is 1.07 bits per heavy atom. The lowest BCUT2D eigenvalue weighted by atomic mass is 9.92. The smallest absolute Gasteiger partial charge is 0.304 e. The lowest BCUT2D eigenvalue weighted by molar-refractivity contribution is -0.0896. The summed E-state index contributed by atoms with van der Waals surface area (Å²) in [6.07, 6.45) is 7.53. The lowest BCUT2D eigenvalue weighted by Crippen LogP contribution is -2.35. The first-order valence-electron chi connectivity index (χ1n) is 15.6. The number of aryl methyl sites for hydroxylation is 1. The van der Waals surface area contributed by atoms with Crippen LogP contribution in [0.15, 0.2) is 64.8 Å². The molecular formula is C33H38N6O5. The van der Waals surface area contributed by atoms with Crippen molar-refractivity contribution in [3.8, 4) is 11.1 Å². The molecule has 3 N–H and O–H groups in total. The van der Waals surface area contributed by atoms with Gasteiger partial charge in [-0.2, -0.15) is 10.1 Å². The normalized spacial score (nSPS) is 22.4. The standard InChI is InChI=1S/C33H38N6O5/c1-2-5-28-27(18-21-8-10-22(11-9-21)25-6-3-4-7-26(25)29-36-32(41)44-37-29)30(40)38(31-34-20-35-39(28)31)23-12-14-24(15-13-23)43-19-33(42)16-17-33/h3-4,6-11,20,23-24,32,41-42H,2,5,12-19H2,1H3,(H,36,37)/t23-,24-,32?. The Morgan fingerprint density at radius 3 is 2.50 bits per heavy atom. The third-order valence-electron chi connectivity index (χ3n) is 9.07. The molecule has 2 aromatic carbocycles. The van der Waals surface area contributed by atoms with Crippen LogP contribution in [-0.4, -0.2) is 59.9 Å². The maximum absolute atomic E-state index is 14.3. The summed E-state index contributed by atoms with van der Waals surface area (Å²) in [5.41, 5.74) is 4.84. The summed E-state index contributed by atoms with van der Waals surface area (Å²) in [7, 11) is 0. The molecule has 2 aliphatic carbocycles. The van der Waals surface area contributed by atoms with Crippen LogP contribution in [0.2, 0.25) is 0 Å². The van der Waals surface area contributed by atoms with E-state index in [-0.39, 0.29) is 17.7 Å². The van der Waals surface area contributed by atoms with Crippen LogP contribution in [0.3, 0.4) is 0 Å². The van der Waals surface area contributed by atoms with Crippen LogP contribution >= 0.6 is 0 Å². The van der Waals surface area contributed by atoms with Gasteiger partial charge in [0.25, 0.3) is 5.56 Å². The van der Waals surface area contributed by atoms with Crippen molar-refractivity contribution in [1.82, 2.24) is 24.5 Å². The Balaban J connectivity index is 1.16. The highest BCUT2D eigenvalue weighted by Gasteiger charge is 2.41. The Morgan fingerprint density at radius 2 is 1.82 bits per heavy atom. The van der Waals surface area contributed by atoms with Crippen molar-refractivity contribution in [3.05, 3.63) is 87.6 Å². The first kappa shape index (κ1) is 28.7. The van der Waals surface area contributed by atoms with E-state index >= 15 is 0 Å². The number of hydrogen-bond donors (Lipinski definition) is 3. The van der Waals surface area contributed by atoms with Crippen LogP contribution in [0.5, 0.6) is 0 Å². The molecule has 1 aliphatic heterocycles. The molecule has 1 atom stereocenters. The van der Waals surface area contributed by atoms with Gasteiger partial charge < -0.3 is 25.1 Å². The summed E-state index contributed by atoms with van der Waals surface area (Å²) < 4.78 is 9.76. The Kier molecular flexibility index (Phi) is 7.69. The van der Waals surface area contributed by atoms with E-state index in [1.807, 2.05) is 45.5 Å². The predicted molar refractivity (Wildman–Crippen MR) is 164 cm³/mol. The predicted octanol–water partition coefficient (Wildman–Crippen LogP) is 3.68. The molecule has 0 bridgehead atoms. The van der Waals surface area contributed by atoms with Crippen molar-refractivity contribution in [2.24, 2.45) is 5.16 Å². The zero-order chi connectivity index (χ0) is 30.3. The Hall–Kier alpha value is -4.06. The molecule has 44 heavy (non-hydrogen) atoms. The number of aromatic nitrogens is 4. The van der Waals surface area contributed by atoms with Crippen molar-refractivity contribution >= 4 is 11.6 Å². The van der Waals surface area contributed by atoms with Crippen molar-refractivity contribution in [2.75, 3.05) is 6.61 Å². The SMILES string of the molecule is CCCc1c(Cc2ccc(-c3ccccc3C3=NOC(O)N3)cc2)c(=O)n([C@H]2CC[C@H](OCC3(O)CC3)CC2)c2ncnn12. The van der Waals surface area contributed by atoms with E-state index in [2.05, 4.69) is 39.6 Å². The highest BCUT2D eigenvalue weighted by molar-refractivity contribution is 6.04. The number of nitrogens with one attached hydrogen (secondary N) is 1. The second-order valence-corrected chi connectivity index (χ2v) is 12.2. The molecule has 11 nitrogen and oxygen atoms in total. The zero-order valence-electron chi connectivity index (χ0n) is 24.9. The highest BCUT2D eigenvalue weighted by Crippen LogP contribution is 2.37. The van der Waals surface area contributed by atoms with Gasteiger partial charge in [0.2, 0.25) is 5.78 Å². The average Bonchev–Trinajstić information content (AvgIpc) is 3.37. The van der Waals surface area contributed by atoms with E-state index in [1.165, 1.54) is 0 Å². The first-order chi connectivity index (χ1) is 21.4. The van der Waals surface area contributed by atoms with E-state index < -0.39 is 12.0 Å². The second-order valence-electron chi connectivity index (χ2n) is 12.2. The van der Waals surface area contributed by atoms with E-state index in [1.54, 1.807) is 6.33 Å². The van der Waals surface area contributed by atoms with Crippen LogP contribution in [0, 0.1) is 0 Å². The monoisotopic (exact) mass is 598 g/mol. The Labute approximate surface area is 255 Å². The lowest BCUT2D eigenvalue weighted by Gasteiger charge is -2.31. The largest absolute Gasteiger partial charge is 0.387 e. The zero-order valence-corrected chi connectivity index (χ0v) is 24.9. The summed E-state index contributed by atoms with van der Waals surface area (Å²) in [6, 6.07) is 16.0. The minimum atomic E-state index is -1.16. The fourth-order valence-corrected chi connectivity index (χ4v) is 6.46. The molecule has 2 fully saturated rings. The molecule has 2 aromatic heterocycles. The van der Waals surface area contributed by atoms with E-state index in [4.69, 9.17) is 9.57 Å². The molecule has 4 aromatic rings. The van der Waals surface area contributed by atoms with Gasteiger partial charge in [-0.05, 0) is 61.6 Å². The van der Waals surface area contributed by atoms with Crippen LogP contribution < -0.4 is 10.9 Å². The van der Waals surface area contributed by atoms with E-state index in [0.717, 1.165) is 84.9 Å². The topological polar surface area (TPSA) is 136 Å². The molecule has 0 radical (unpaired) electrons. The molecule has 11 heteroatoms. The third kappa shape index (κ3) is 5.62. The van der Waals surface area contributed by atoms with Gasteiger partial charge in [-0.15, -0.1) is 0 Å². The van der Waals surface area contributed by atoms with Crippen molar-refractivity contribution in [1.29, 1.82) is 0 Å². The van der Waals surface area contributed by atoms with Crippen molar-refractivity contribution in [3.63, 3.8) is 0 Å². The van der Waals surface area contributed by atoms with Gasteiger partial charge in [-0.1, -0.05) is 67.0 Å². The molecule has 230 valence electrons. The molecule has 3 aliphatic rings. The Bertz CT molecular complexity index is 1730. The van der Waals surface area contributed by atoms with Gasteiger partial charge in [-0.25, -0.2) is 4.52 Å². The fourth-order valence-electron chi connectivity index (χ4n) is 6.46. The number of oxime groups is 1. The fraction of sp³-hybridized carbons (Fsp3) is 0.455. The van der Waals surface area contributed by atoms with Crippen LogP contribution in [0.25, 0.3) is 16.9 Å². The van der Waals surface area contributed by atoms with Gasteiger partial charge in [-0.3, -0.25) is 9.36 Å². The van der Waals surface area contributed by atoms with Crippen molar-refractivity contribution in [2.45, 2.75) is 88.9 Å². The molecule has 2 saturated carbocycles. The summed E-state index contributed by atoms with van der Waals surface area (Å²) in [5.74, 6) is 1.08. The summed E-state index contributed by atoms with van der Waals surface area (Å²) in [4.78, 5) is 23.8. The van der Waals surface area contributed by atoms with Gasteiger partial charge in [0.05, 0.1) is 24.0 Å². The quantitative estimate of drug-likeness (QED) is 0.252. The first-order valence-corrected chi connectivity index (χ1v) is 15.6. The number of benzene rings is 2. The maximum Gasteiger partial charge on any atom is 0.304 e. The minimum Gasteiger partial charge on any atom is -0.387 e. The number of aliphatic hydroxyl groups excluding tert-OH is 1. The molecule has 7 rings (SSSR count). The molecule has 0 amide bonds. The van der Waals surface area contributed by atoms with Crippen LogP contribution in [0.4, 0.5) is 0 Å². The van der Waals surface area contributed by atoms with E-state index in [9.17, 15) is 15.0 Å². The second kappa shape index (κ2) is 11.8. The van der Waals surface area contributed by atoms with Crippen molar-refractivity contribution < 1.29 is 19.8 Å². The number of ether oxygens (including phenoxy) is 1. The summed E-state index contributed by atoms with van der Waals surface area (Å²) >= 11 is 0. The molecule has 1 unspecified atom stereocenters. The van der Waals surface area contributed by atoms with Gasteiger partial charge in [0.1, 0.15) is 6.33 Å². The van der Waals surface area contributed by atoms with E-state index in [0.29, 0.717) is 24.6 Å². The number of hydrogen-bond acceptors (Lipinski definition) is 9. The number of nitrogens with zero attached hydrogens (tertiary/aromatic N) is 5. The molecular weight excluding hydrogens is 560 g/mol. The van der Waals surface area contributed by atoms with Crippen LogP contribution in [0.1, 0.15) is 80.3 Å². The highest BCUT2D eigenvalue weighted by atomic mass is 16.7. The molecule has 0 spiro atoms. The molecule has 3 heterocycles. The minimum absolute atomic E-state index is 0.00362. The van der Waals surface area contributed by atoms with Gasteiger partial charge >= 0.3 is 6.41 Å².